The molecule has 2 aliphatic rings. The molecular formula is C9H13FN2O4. The van der Waals surface area contributed by atoms with Gasteiger partial charge in [0.1, 0.15) is 0 Å². The van der Waals surface area contributed by atoms with Crippen molar-refractivity contribution in [2.24, 2.45) is 0 Å². The van der Waals surface area contributed by atoms with Gasteiger partial charge in [-0.05, 0) is 6.42 Å². The third kappa shape index (κ3) is 2.01. The van der Waals surface area contributed by atoms with E-state index in [1.807, 2.05) is 0 Å². The van der Waals surface area contributed by atoms with Crippen LogP contribution in [0.1, 0.15) is 6.42 Å². The summed E-state index contributed by atoms with van der Waals surface area (Å²) >= 11 is 0. The first-order valence-corrected chi connectivity index (χ1v) is 4.98. The predicted octanol–water partition coefficient (Wildman–Crippen LogP) is -1.35. The number of halogens is 1. The van der Waals surface area contributed by atoms with E-state index in [0.717, 1.165) is 6.20 Å². The topological polar surface area (TPSA) is 82.0 Å². The Morgan fingerprint density at radius 3 is 3.06 bits per heavy atom. The molecule has 2 aliphatic heterocycles. The Labute approximate surface area is 91.3 Å². The van der Waals surface area contributed by atoms with Gasteiger partial charge in [0.2, 0.25) is 12.2 Å². The minimum absolute atomic E-state index is 0.112. The number of hydrogen-bond acceptors (Lipinski definition) is 5. The molecule has 1 amide bonds. The average Bonchev–Trinajstić information content (AvgIpc) is 2.71. The maximum atomic E-state index is 13.0. The fourth-order valence-corrected chi connectivity index (χ4v) is 1.85. The van der Waals surface area contributed by atoms with Crippen LogP contribution in [0.4, 0.5) is 4.39 Å². The van der Waals surface area contributed by atoms with Crippen LogP contribution in [0.2, 0.25) is 0 Å². The summed E-state index contributed by atoms with van der Waals surface area (Å²) < 4.78 is 18.3. The van der Waals surface area contributed by atoms with Crippen LogP contribution < -0.4 is 5.32 Å². The monoisotopic (exact) mass is 232 g/mol. The Balaban J connectivity index is 2.07. The smallest absolute Gasteiger partial charge is 0.284 e. The summed E-state index contributed by atoms with van der Waals surface area (Å²) in [4.78, 5) is 12.2. The summed E-state index contributed by atoms with van der Waals surface area (Å²) in [5.41, 5.74) is 0. The molecule has 0 spiro atoms. The highest BCUT2D eigenvalue weighted by molar-refractivity contribution is 5.91. The van der Waals surface area contributed by atoms with E-state index in [-0.39, 0.29) is 25.4 Å². The molecule has 1 saturated heterocycles. The number of carbonyl (C=O) groups is 1. The van der Waals surface area contributed by atoms with Gasteiger partial charge in [-0.2, -0.15) is 4.39 Å². The Morgan fingerprint density at radius 1 is 1.69 bits per heavy atom. The second-order valence-electron chi connectivity index (χ2n) is 3.80. The van der Waals surface area contributed by atoms with Crippen molar-refractivity contribution in [1.82, 2.24) is 10.2 Å². The number of aliphatic hydroxyl groups is 2. The van der Waals surface area contributed by atoms with Crippen LogP contribution in [0.5, 0.6) is 0 Å². The highest BCUT2D eigenvalue weighted by atomic mass is 19.1. The minimum Gasteiger partial charge on any atom is -0.394 e. The van der Waals surface area contributed by atoms with E-state index >= 15 is 0 Å². The van der Waals surface area contributed by atoms with Crippen molar-refractivity contribution in [3.63, 3.8) is 0 Å². The zero-order valence-electron chi connectivity index (χ0n) is 8.47. The fraction of sp³-hybridized carbons (Fsp3) is 0.667. The first kappa shape index (κ1) is 11.3. The molecule has 7 heteroatoms. The zero-order valence-corrected chi connectivity index (χ0v) is 8.47. The second kappa shape index (κ2) is 4.36. The molecule has 2 rings (SSSR count). The van der Waals surface area contributed by atoms with Gasteiger partial charge in [-0.25, -0.2) is 0 Å². The van der Waals surface area contributed by atoms with Crippen LogP contribution in [-0.4, -0.2) is 52.7 Å². The molecule has 2 unspecified atom stereocenters. The quantitative estimate of drug-likeness (QED) is 0.548. The molecule has 0 aromatic carbocycles. The number of carbonyl (C=O) groups excluding carboxylic acids is 1. The van der Waals surface area contributed by atoms with E-state index in [2.05, 4.69) is 5.32 Å². The molecule has 1 fully saturated rings. The van der Waals surface area contributed by atoms with Gasteiger partial charge in [-0.1, -0.05) is 0 Å². The summed E-state index contributed by atoms with van der Waals surface area (Å²) in [6, 6.07) is -0.251. The number of hydrogen-bond donors (Lipinski definition) is 3. The Kier molecular flexibility index (Phi) is 3.08. The second-order valence-corrected chi connectivity index (χ2v) is 3.80. The summed E-state index contributed by atoms with van der Waals surface area (Å²) in [7, 11) is 0. The predicted molar refractivity (Wildman–Crippen MR) is 50.4 cm³/mol. The van der Waals surface area contributed by atoms with Gasteiger partial charge in [0, 0.05) is 6.20 Å². The maximum Gasteiger partial charge on any atom is 0.284 e. The van der Waals surface area contributed by atoms with Crippen LogP contribution in [0.3, 0.4) is 0 Å². The molecule has 0 aromatic heterocycles. The third-order valence-corrected chi connectivity index (χ3v) is 2.71. The molecule has 3 atom stereocenters. The lowest BCUT2D eigenvalue weighted by Gasteiger charge is -2.34. The summed E-state index contributed by atoms with van der Waals surface area (Å²) in [5.74, 6) is -1.88. The lowest BCUT2D eigenvalue weighted by atomic mass is 10.1. The molecule has 0 aromatic rings. The number of aliphatic hydroxyl groups excluding tert-OH is 2. The fourth-order valence-electron chi connectivity index (χ4n) is 1.85. The van der Waals surface area contributed by atoms with E-state index in [4.69, 9.17) is 9.84 Å². The van der Waals surface area contributed by atoms with Crippen LogP contribution in [-0.2, 0) is 9.53 Å². The number of ether oxygens (including phenoxy) is 1. The SMILES string of the molecule is O=C1NC(O)N(C2CO[C@H](CO)C2)C=C1F. The van der Waals surface area contributed by atoms with E-state index in [1.54, 1.807) is 0 Å². The van der Waals surface area contributed by atoms with Crippen LogP contribution in [0, 0.1) is 0 Å². The minimum atomic E-state index is -1.25. The van der Waals surface area contributed by atoms with Crippen LogP contribution in [0.15, 0.2) is 12.0 Å². The maximum absolute atomic E-state index is 13.0. The zero-order chi connectivity index (χ0) is 11.7. The molecule has 0 saturated carbocycles. The molecule has 6 nitrogen and oxygen atoms in total. The van der Waals surface area contributed by atoms with Gasteiger partial charge in [-0.3, -0.25) is 4.79 Å². The van der Waals surface area contributed by atoms with Gasteiger partial charge in [0.15, 0.2) is 0 Å². The number of nitrogens with zero attached hydrogens (tertiary/aromatic N) is 1. The molecule has 0 aliphatic carbocycles. The lowest BCUT2D eigenvalue weighted by Crippen LogP contribution is -2.53. The third-order valence-electron chi connectivity index (χ3n) is 2.71. The molecule has 16 heavy (non-hydrogen) atoms. The number of nitrogens with one attached hydrogen (secondary N) is 1. The van der Waals surface area contributed by atoms with Gasteiger partial charge in [0.05, 0.1) is 25.4 Å². The standard InChI is InChI=1S/C9H13FN2O4/c10-7-2-12(9(15)11-8(7)14)5-1-6(3-13)16-4-5/h2,5-6,9,13,15H,1,3-4H2,(H,11,14)/t5?,6-,9?/m0/s1. The van der Waals surface area contributed by atoms with Crippen molar-refractivity contribution in [1.29, 1.82) is 0 Å². The molecule has 90 valence electrons. The molecule has 0 radical (unpaired) electrons. The Bertz CT molecular complexity index is 323. The average molecular weight is 232 g/mol. The summed E-state index contributed by atoms with van der Waals surface area (Å²) in [6.45, 7) is 0.168. The van der Waals surface area contributed by atoms with E-state index < -0.39 is 18.1 Å². The Morgan fingerprint density at radius 2 is 2.44 bits per heavy atom. The molecular weight excluding hydrogens is 219 g/mol. The van der Waals surface area contributed by atoms with Gasteiger partial charge >= 0.3 is 0 Å². The van der Waals surface area contributed by atoms with Crippen molar-refractivity contribution in [2.75, 3.05) is 13.2 Å². The van der Waals surface area contributed by atoms with Crippen molar-refractivity contribution in [3.8, 4) is 0 Å². The van der Waals surface area contributed by atoms with E-state index in [1.165, 1.54) is 4.90 Å². The highest BCUT2D eigenvalue weighted by Gasteiger charge is 2.35. The summed E-state index contributed by atoms with van der Waals surface area (Å²) in [5, 5.41) is 20.5. The number of amides is 1. The normalized spacial score (nSPS) is 34.9. The van der Waals surface area contributed by atoms with Gasteiger partial charge in [0.25, 0.3) is 5.91 Å². The van der Waals surface area contributed by atoms with E-state index in [9.17, 15) is 14.3 Å². The van der Waals surface area contributed by atoms with Gasteiger partial charge < -0.3 is 25.2 Å². The van der Waals surface area contributed by atoms with Crippen LogP contribution in [0.25, 0.3) is 0 Å². The lowest BCUT2D eigenvalue weighted by molar-refractivity contribution is -0.129. The first-order chi connectivity index (χ1) is 7.61. The Hall–Kier alpha value is -1.18. The molecule has 2 heterocycles. The van der Waals surface area contributed by atoms with Crippen molar-refractivity contribution >= 4 is 5.91 Å². The summed E-state index contributed by atoms with van der Waals surface area (Å²) in [6.07, 6.45) is -0.103. The molecule has 3 N–H and O–H groups in total. The molecule has 0 bridgehead atoms. The highest BCUT2D eigenvalue weighted by Crippen LogP contribution is 2.22. The van der Waals surface area contributed by atoms with Crippen molar-refractivity contribution < 1.29 is 24.1 Å². The van der Waals surface area contributed by atoms with Crippen LogP contribution >= 0.6 is 0 Å². The number of rotatable bonds is 2. The first-order valence-electron chi connectivity index (χ1n) is 4.98. The van der Waals surface area contributed by atoms with Gasteiger partial charge in [-0.15, -0.1) is 0 Å². The van der Waals surface area contributed by atoms with E-state index in [0.29, 0.717) is 6.42 Å². The van der Waals surface area contributed by atoms with Crippen molar-refractivity contribution in [2.45, 2.75) is 24.9 Å². The van der Waals surface area contributed by atoms with Crippen molar-refractivity contribution in [3.05, 3.63) is 12.0 Å². The largest absolute Gasteiger partial charge is 0.394 e.